The Bertz CT molecular complexity index is 1300. The molecule has 35 heavy (non-hydrogen) atoms. The minimum atomic E-state index is -0.802. The molecule has 0 aliphatic carbocycles. The molecule has 0 saturated heterocycles. The van der Waals surface area contributed by atoms with Gasteiger partial charge in [-0.25, -0.2) is 15.0 Å². The van der Waals surface area contributed by atoms with E-state index in [0.717, 1.165) is 27.9 Å². The van der Waals surface area contributed by atoms with Crippen LogP contribution in [0.4, 0.5) is 0 Å². The highest BCUT2D eigenvalue weighted by molar-refractivity contribution is 5.67. The van der Waals surface area contributed by atoms with Crippen LogP contribution < -0.4 is 4.74 Å². The van der Waals surface area contributed by atoms with Crippen LogP contribution in [-0.2, 0) is 11.2 Å². The predicted molar refractivity (Wildman–Crippen MR) is 133 cm³/mol. The number of carbonyl (C=O) groups is 1. The number of aliphatic carboxylic acids is 1. The Hall–Kier alpha value is -4.00. The second-order valence-corrected chi connectivity index (χ2v) is 8.82. The lowest BCUT2D eigenvalue weighted by Gasteiger charge is -2.16. The molecule has 0 amide bonds. The van der Waals surface area contributed by atoms with E-state index in [9.17, 15) is 4.79 Å². The Morgan fingerprint density at radius 3 is 2.34 bits per heavy atom. The molecule has 0 aliphatic heterocycles. The number of aromatic nitrogens is 3. The van der Waals surface area contributed by atoms with Crippen LogP contribution in [0.15, 0.2) is 65.3 Å². The first kappa shape index (κ1) is 24.1. The summed E-state index contributed by atoms with van der Waals surface area (Å²) in [6.07, 6.45) is 3.69. The third-order valence-corrected chi connectivity index (χ3v) is 5.79. The summed E-state index contributed by atoms with van der Waals surface area (Å²) in [5.41, 5.74) is 4.65. The average Bonchev–Trinajstić information content (AvgIpc) is 3.30. The van der Waals surface area contributed by atoms with Crippen molar-refractivity contribution in [3.8, 4) is 28.6 Å². The smallest absolute Gasteiger partial charge is 0.303 e. The molecule has 0 radical (unpaired) electrons. The maximum atomic E-state index is 10.9. The lowest BCUT2D eigenvalue weighted by atomic mass is 10.0. The number of nitrogens with zero attached hydrogens (tertiary/aromatic N) is 3. The third kappa shape index (κ3) is 5.74. The van der Waals surface area contributed by atoms with Gasteiger partial charge in [0, 0.05) is 29.9 Å². The molecule has 0 spiro atoms. The monoisotopic (exact) mass is 471 g/mol. The van der Waals surface area contributed by atoms with Crippen molar-refractivity contribution in [3.63, 3.8) is 0 Å². The summed E-state index contributed by atoms with van der Waals surface area (Å²) in [7, 11) is 0. The topological polar surface area (TPSA) is 98.3 Å². The SMILES string of the molecule is Cc1cc(OC(C)c2oc(-c3ccc(-c4ncccn4)cc3)nc2C(C)C)ccc1CCC(=O)O. The van der Waals surface area contributed by atoms with Gasteiger partial charge in [0.1, 0.15) is 5.75 Å². The lowest BCUT2D eigenvalue weighted by Crippen LogP contribution is -2.06. The number of rotatable bonds is 9. The molecular formula is C28H29N3O4. The van der Waals surface area contributed by atoms with E-state index in [1.807, 2.05) is 56.3 Å². The van der Waals surface area contributed by atoms with Gasteiger partial charge in [-0.2, -0.15) is 0 Å². The number of oxazole rings is 1. The number of carboxylic acids is 1. The van der Waals surface area contributed by atoms with Gasteiger partial charge in [-0.15, -0.1) is 0 Å². The first-order valence-corrected chi connectivity index (χ1v) is 11.7. The number of hydrogen-bond donors (Lipinski definition) is 1. The summed E-state index contributed by atoms with van der Waals surface area (Å²) in [5.74, 6) is 1.96. The molecular weight excluding hydrogens is 442 g/mol. The molecule has 4 aromatic rings. The molecule has 1 unspecified atom stereocenters. The molecule has 2 aromatic heterocycles. The summed E-state index contributed by atoms with van der Waals surface area (Å²) in [6.45, 7) is 8.06. The van der Waals surface area contributed by atoms with Crippen LogP contribution in [0.1, 0.15) is 61.8 Å². The highest BCUT2D eigenvalue weighted by atomic mass is 16.5. The first-order valence-electron chi connectivity index (χ1n) is 11.7. The highest BCUT2D eigenvalue weighted by Gasteiger charge is 2.23. The molecule has 0 aliphatic rings. The summed E-state index contributed by atoms with van der Waals surface area (Å²) in [5, 5.41) is 8.94. The zero-order chi connectivity index (χ0) is 24.9. The summed E-state index contributed by atoms with van der Waals surface area (Å²) < 4.78 is 12.4. The molecule has 4 rings (SSSR count). The predicted octanol–water partition coefficient (Wildman–Crippen LogP) is 6.39. The first-order chi connectivity index (χ1) is 16.8. The van der Waals surface area contributed by atoms with Crippen molar-refractivity contribution in [1.29, 1.82) is 0 Å². The number of benzene rings is 2. The maximum absolute atomic E-state index is 10.9. The normalized spacial score (nSPS) is 12.0. The number of carboxylic acid groups (broad SMARTS) is 1. The minimum Gasteiger partial charge on any atom is -0.483 e. The van der Waals surface area contributed by atoms with Crippen LogP contribution in [0.2, 0.25) is 0 Å². The van der Waals surface area contributed by atoms with Crippen LogP contribution >= 0.6 is 0 Å². The molecule has 0 saturated carbocycles. The number of aryl methyl sites for hydroxylation is 2. The molecule has 2 heterocycles. The van der Waals surface area contributed by atoms with Crippen molar-refractivity contribution in [3.05, 3.63) is 83.5 Å². The second-order valence-electron chi connectivity index (χ2n) is 8.82. The van der Waals surface area contributed by atoms with Crippen molar-refractivity contribution >= 4 is 5.97 Å². The fourth-order valence-corrected chi connectivity index (χ4v) is 3.90. The Kier molecular flexibility index (Phi) is 7.25. The minimum absolute atomic E-state index is 0.107. The van der Waals surface area contributed by atoms with Crippen molar-refractivity contribution in [2.75, 3.05) is 0 Å². The Morgan fingerprint density at radius 2 is 1.71 bits per heavy atom. The van der Waals surface area contributed by atoms with Gasteiger partial charge in [-0.3, -0.25) is 4.79 Å². The van der Waals surface area contributed by atoms with Gasteiger partial charge in [-0.1, -0.05) is 32.0 Å². The van der Waals surface area contributed by atoms with E-state index < -0.39 is 5.97 Å². The van der Waals surface area contributed by atoms with Gasteiger partial charge >= 0.3 is 5.97 Å². The van der Waals surface area contributed by atoms with Gasteiger partial charge in [0.25, 0.3) is 0 Å². The molecule has 0 bridgehead atoms. The van der Waals surface area contributed by atoms with Crippen LogP contribution in [0.5, 0.6) is 5.75 Å². The van der Waals surface area contributed by atoms with Crippen molar-refractivity contribution in [2.24, 2.45) is 0 Å². The Balaban J connectivity index is 1.54. The second kappa shape index (κ2) is 10.5. The molecule has 7 heteroatoms. The largest absolute Gasteiger partial charge is 0.483 e. The maximum Gasteiger partial charge on any atom is 0.303 e. The van der Waals surface area contributed by atoms with Crippen LogP contribution in [0, 0.1) is 6.92 Å². The Morgan fingerprint density at radius 1 is 1.03 bits per heavy atom. The molecule has 180 valence electrons. The van der Waals surface area contributed by atoms with Crippen molar-refractivity contribution < 1.29 is 19.1 Å². The van der Waals surface area contributed by atoms with Gasteiger partial charge < -0.3 is 14.3 Å². The van der Waals surface area contributed by atoms with Crippen molar-refractivity contribution in [2.45, 2.75) is 52.6 Å². The van der Waals surface area contributed by atoms with Gasteiger partial charge in [0.2, 0.25) is 5.89 Å². The lowest BCUT2D eigenvalue weighted by molar-refractivity contribution is -0.136. The zero-order valence-corrected chi connectivity index (χ0v) is 20.4. The van der Waals surface area contributed by atoms with Crippen LogP contribution in [-0.4, -0.2) is 26.0 Å². The van der Waals surface area contributed by atoms with E-state index in [-0.39, 0.29) is 18.4 Å². The molecule has 0 fully saturated rings. The third-order valence-electron chi connectivity index (χ3n) is 5.79. The molecule has 2 aromatic carbocycles. The van der Waals surface area contributed by atoms with Gasteiger partial charge in [-0.05, 0) is 67.6 Å². The number of hydrogen-bond acceptors (Lipinski definition) is 6. The zero-order valence-electron chi connectivity index (χ0n) is 20.4. The standard InChI is InChI=1S/C28H29N3O4/c1-17(2)25-26(19(4)34-23-12-10-20(18(3)16-23)11-13-24(32)33)35-28(31-25)22-8-6-21(7-9-22)27-29-14-5-15-30-27/h5-10,12,14-17,19H,11,13H2,1-4H3,(H,32,33). The summed E-state index contributed by atoms with van der Waals surface area (Å²) >= 11 is 0. The quantitative estimate of drug-likeness (QED) is 0.302. The van der Waals surface area contributed by atoms with Gasteiger partial charge in [0.05, 0.1) is 5.69 Å². The summed E-state index contributed by atoms with van der Waals surface area (Å²) in [6, 6.07) is 15.3. The fraction of sp³-hybridized carbons (Fsp3) is 0.286. The Labute approximate surface area is 204 Å². The fourth-order valence-electron chi connectivity index (χ4n) is 3.90. The molecule has 1 atom stereocenters. The van der Waals surface area contributed by atoms with Crippen LogP contribution in [0.25, 0.3) is 22.8 Å². The van der Waals surface area contributed by atoms with E-state index >= 15 is 0 Å². The molecule has 1 N–H and O–H groups in total. The molecule has 7 nitrogen and oxygen atoms in total. The van der Waals surface area contributed by atoms with E-state index in [4.69, 9.17) is 19.2 Å². The van der Waals surface area contributed by atoms with Crippen molar-refractivity contribution in [1.82, 2.24) is 15.0 Å². The van der Waals surface area contributed by atoms with E-state index in [0.29, 0.717) is 29.6 Å². The van der Waals surface area contributed by atoms with E-state index in [1.165, 1.54) is 0 Å². The van der Waals surface area contributed by atoms with E-state index in [2.05, 4.69) is 23.8 Å². The van der Waals surface area contributed by atoms with Crippen LogP contribution in [0.3, 0.4) is 0 Å². The average molecular weight is 472 g/mol. The van der Waals surface area contributed by atoms with E-state index in [1.54, 1.807) is 18.5 Å². The number of ether oxygens (including phenoxy) is 1. The summed E-state index contributed by atoms with van der Waals surface area (Å²) in [4.78, 5) is 24.2. The highest BCUT2D eigenvalue weighted by Crippen LogP contribution is 2.33. The van der Waals surface area contributed by atoms with Gasteiger partial charge in [0.15, 0.2) is 17.7 Å².